The van der Waals surface area contributed by atoms with Crippen LogP contribution in [0, 0.1) is 0 Å². The first-order valence-electron chi connectivity index (χ1n) is 11.2. The maximum atomic E-state index is 6.30. The molecular weight excluding hydrogens is 404 g/mol. The van der Waals surface area contributed by atoms with Gasteiger partial charge in [0.25, 0.3) is 0 Å². The quantitative estimate of drug-likeness (QED) is 0.282. The van der Waals surface area contributed by atoms with E-state index in [9.17, 15) is 0 Å². The predicted molar refractivity (Wildman–Crippen MR) is 129 cm³/mol. The van der Waals surface area contributed by atoms with Crippen molar-refractivity contribution in [2.75, 3.05) is 19.8 Å². The number of hydrogen-bond donors (Lipinski definition) is 0. The van der Waals surface area contributed by atoms with Crippen molar-refractivity contribution in [3.05, 3.63) is 72.8 Å². The van der Waals surface area contributed by atoms with Crippen molar-refractivity contribution in [2.45, 2.75) is 54.7 Å². The molecule has 0 heterocycles. The number of ether oxygens (including phenoxy) is 3. The van der Waals surface area contributed by atoms with Crippen molar-refractivity contribution in [1.29, 1.82) is 0 Å². The van der Waals surface area contributed by atoms with Crippen LogP contribution in [0.15, 0.2) is 87.5 Å². The van der Waals surface area contributed by atoms with Crippen molar-refractivity contribution in [3.63, 3.8) is 0 Å². The molecule has 0 bridgehead atoms. The highest BCUT2D eigenvalue weighted by molar-refractivity contribution is 7.97. The predicted octanol–water partition coefficient (Wildman–Crippen LogP) is 7.15. The summed E-state index contributed by atoms with van der Waals surface area (Å²) in [5.41, 5.74) is 0. The SMILES string of the molecule is CCCOc1cc(OCCC)c([S+](c2ccccc2)c2ccccc2)c(OCCC)c1. The molecule has 3 rings (SSSR count). The third kappa shape index (κ3) is 6.20. The van der Waals surface area contributed by atoms with Crippen LogP contribution in [0.1, 0.15) is 40.0 Å². The van der Waals surface area contributed by atoms with Crippen LogP contribution in [-0.2, 0) is 10.9 Å². The van der Waals surface area contributed by atoms with Gasteiger partial charge < -0.3 is 14.2 Å². The minimum absolute atomic E-state index is 0.364. The molecule has 0 saturated heterocycles. The van der Waals surface area contributed by atoms with E-state index >= 15 is 0 Å². The van der Waals surface area contributed by atoms with E-state index in [1.54, 1.807) is 0 Å². The van der Waals surface area contributed by atoms with Gasteiger partial charge in [-0.15, -0.1) is 0 Å². The highest BCUT2D eigenvalue weighted by atomic mass is 32.2. The zero-order valence-corrected chi connectivity index (χ0v) is 19.6. The molecule has 0 aliphatic carbocycles. The third-order valence-corrected chi connectivity index (χ3v) is 6.85. The normalized spacial score (nSPS) is 10.8. The highest BCUT2D eigenvalue weighted by Gasteiger charge is 2.36. The van der Waals surface area contributed by atoms with Crippen LogP contribution in [-0.4, -0.2) is 19.8 Å². The summed E-state index contributed by atoms with van der Waals surface area (Å²) in [6, 6.07) is 25.3. The second-order valence-corrected chi connectivity index (χ2v) is 9.19. The van der Waals surface area contributed by atoms with E-state index in [4.69, 9.17) is 14.2 Å². The van der Waals surface area contributed by atoms with E-state index in [-0.39, 0.29) is 10.9 Å². The Kier molecular flexibility index (Phi) is 9.16. The first kappa shape index (κ1) is 23.1. The Morgan fingerprint density at radius 2 is 1.00 bits per heavy atom. The Morgan fingerprint density at radius 3 is 1.42 bits per heavy atom. The van der Waals surface area contributed by atoms with Crippen LogP contribution in [0.5, 0.6) is 17.2 Å². The number of benzene rings is 3. The molecule has 0 fully saturated rings. The molecule has 0 aliphatic heterocycles. The first-order chi connectivity index (χ1) is 15.3. The maximum absolute atomic E-state index is 6.30. The fourth-order valence-corrected chi connectivity index (χ4v) is 5.42. The molecule has 3 nitrogen and oxygen atoms in total. The molecule has 0 atom stereocenters. The monoisotopic (exact) mass is 437 g/mol. The lowest BCUT2D eigenvalue weighted by molar-refractivity contribution is 0.276. The Labute approximate surface area is 189 Å². The molecule has 0 N–H and O–H groups in total. The summed E-state index contributed by atoms with van der Waals surface area (Å²) in [6.45, 7) is 8.33. The molecule has 164 valence electrons. The Balaban J connectivity index is 2.21. The average Bonchev–Trinajstić information content (AvgIpc) is 2.82. The lowest BCUT2D eigenvalue weighted by Gasteiger charge is -2.18. The lowest BCUT2D eigenvalue weighted by atomic mass is 10.3. The summed E-state index contributed by atoms with van der Waals surface area (Å²) in [6.07, 6.45) is 2.83. The minimum atomic E-state index is -0.364. The van der Waals surface area contributed by atoms with Crippen molar-refractivity contribution in [2.24, 2.45) is 0 Å². The largest absolute Gasteiger partial charge is 0.493 e. The fourth-order valence-electron chi connectivity index (χ4n) is 3.18. The molecule has 0 aliphatic rings. The van der Waals surface area contributed by atoms with Crippen LogP contribution >= 0.6 is 0 Å². The van der Waals surface area contributed by atoms with Gasteiger partial charge in [-0.3, -0.25) is 0 Å². The van der Waals surface area contributed by atoms with Gasteiger partial charge in [0, 0.05) is 12.1 Å². The van der Waals surface area contributed by atoms with Crippen molar-refractivity contribution < 1.29 is 14.2 Å². The van der Waals surface area contributed by atoms with Gasteiger partial charge in [0.15, 0.2) is 21.3 Å². The minimum Gasteiger partial charge on any atom is -0.493 e. The van der Waals surface area contributed by atoms with Gasteiger partial charge in [0.2, 0.25) is 4.90 Å². The van der Waals surface area contributed by atoms with Gasteiger partial charge in [0.05, 0.1) is 19.8 Å². The van der Waals surface area contributed by atoms with Crippen LogP contribution < -0.4 is 14.2 Å². The van der Waals surface area contributed by atoms with E-state index in [2.05, 4.69) is 81.4 Å². The van der Waals surface area contributed by atoms with Gasteiger partial charge in [-0.25, -0.2) is 0 Å². The molecule has 0 saturated carbocycles. The van der Waals surface area contributed by atoms with Gasteiger partial charge in [0.1, 0.15) is 16.6 Å². The summed E-state index contributed by atoms with van der Waals surface area (Å²) in [7, 11) is -0.364. The zero-order valence-electron chi connectivity index (χ0n) is 18.8. The molecule has 0 amide bonds. The molecular formula is C27H33O3S+. The first-order valence-corrected chi connectivity index (χ1v) is 12.4. The molecule has 31 heavy (non-hydrogen) atoms. The van der Waals surface area contributed by atoms with Gasteiger partial charge in [-0.05, 0) is 43.5 Å². The van der Waals surface area contributed by atoms with Crippen LogP contribution in [0.3, 0.4) is 0 Å². The zero-order chi connectivity index (χ0) is 21.9. The third-order valence-electron chi connectivity index (χ3n) is 4.55. The molecule has 0 aromatic heterocycles. The topological polar surface area (TPSA) is 27.7 Å². The number of hydrogen-bond acceptors (Lipinski definition) is 3. The second kappa shape index (κ2) is 12.3. The van der Waals surface area contributed by atoms with Crippen molar-refractivity contribution >= 4 is 10.9 Å². The Morgan fingerprint density at radius 1 is 0.581 bits per heavy atom. The van der Waals surface area contributed by atoms with Crippen LogP contribution in [0.2, 0.25) is 0 Å². The summed E-state index contributed by atoms with van der Waals surface area (Å²) in [5, 5.41) is 0. The van der Waals surface area contributed by atoms with Crippen LogP contribution in [0.4, 0.5) is 0 Å². The fraction of sp³-hybridized carbons (Fsp3) is 0.333. The van der Waals surface area contributed by atoms with Gasteiger partial charge in [-0.1, -0.05) is 57.2 Å². The smallest absolute Gasteiger partial charge is 0.250 e. The standard InChI is InChI=1S/C27H33O3S/c1-4-17-28-22-20-25(29-18-5-2)27(26(21-22)30-19-6-3)31(23-13-9-7-10-14-23)24-15-11-8-12-16-24/h7-16,20-21H,4-6,17-19H2,1-3H3/q+1. The van der Waals surface area contributed by atoms with E-state index in [1.807, 2.05) is 12.1 Å². The van der Waals surface area contributed by atoms with E-state index < -0.39 is 0 Å². The van der Waals surface area contributed by atoms with E-state index in [0.717, 1.165) is 41.4 Å². The van der Waals surface area contributed by atoms with Gasteiger partial charge in [-0.2, -0.15) is 0 Å². The summed E-state index contributed by atoms with van der Waals surface area (Å²) >= 11 is 0. The van der Waals surface area contributed by atoms with E-state index in [1.165, 1.54) is 9.79 Å². The van der Waals surface area contributed by atoms with Crippen molar-refractivity contribution in [1.82, 2.24) is 0 Å². The van der Waals surface area contributed by atoms with Crippen molar-refractivity contribution in [3.8, 4) is 17.2 Å². The van der Waals surface area contributed by atoms with Crippen LogP contribution in [0.25, 0.3) is 0 Å². The Hall–Kier alpha value is -2.59. The summed E-state index contributed by atoms with van der Waals surface area (Å²) in [4.78, 5) is 3.56. The summed E-state index contributed by atoms with van der Waals surface area (Å²) in [5.74, 6) is 2.49. The molecule has 0 radical (unpaired) electrons. The van der Waals surface area contributed by atoms with E-state index in [0.29, 0.717) is 19.8 Å². The average molecular weight is 438 g/mol. The maximum Gasteiger partial charge on any atom is 0.250 e. The molecule has 3 aromatic rings. The lowest BCUT2D eigenvalue weighted by Crippen LogP contribution is -2.12. The second-order valence-electron chi connectivity index (χ2n) is 7.23. The molecule has 0 spiro atoms. The Bertz CT molecular complexity index is 844. The molecule has 0 unspecified atom stereocenters. The highest BCUT2D eigenvalue weighted by Crippen LogP contribution is 2.45. The number of rotatable bonds is 12. The summed E-state index contributed by atoms with van der Waals surface area (Å²) < 4.78 is 18.6. The molecule has 4 heteroatoms. The molecule has 3 aromatic carbocycles. The van der Waals surface area contributed by atoms with Gasteiger partial charge >= 0.3 is 0 Å².